The number of hydrogen-bond acceptors (Lipinski definition) is 5. The average Bonchev–Trinajstić information content (AvgIpc) is 3.03. The summed E-state index contributed by atoms with van der Waals surface area (Å²) >= 11 is 6.18. The maximum Gasteiger partial charge on any atom is 0.283 e. The van der Waals surface area contributed by atoms with Crippen molar-refractivity contribution < 1.29 is 19.1 Å². The van der Waals surface area contributed by atoms with Gasteiger partial charge in [-0.3, -0.25) is 14.4 Å². The second kappa shape index (κ2) is 8.81. The number of carbonyl (C=O) groups is 3. The summed E-state index contributed by atoms with van der Waals surface area (Å²) in [5.41, 5.74) is 1.54. The number of rotatable bonds is 5. The molecular weight excluding hydrogens is 418 g/mol. The average molecular weight is 440 g/mol. The molecule has 0 saturated carbocycles. The van der Waals surface area contributed by atoms with Crippen molar-refractivity contribution in [1.82, 2.24) is 4.90 Å². The van der Waals surface area contributed by atoms with Crippen LogP contribution in [-0.4, -0.2) is 42.8 Å². The van der Waals surface area contributed by atoms with E-state index in [2.05, 4.69) is 5.32 Å². The lowest BCUT2D eigenvalue weighted by Crippen LogP contribution is -2.35. The molecule has 1 fully saturated rings. The minimum Gasteiger partial charge on any atom is -0.497 e. The zero-order valence-electron chi connectivity index (χ0n) is 17.1. The summed E-state index contributed by atoms with van der Waals surface area (Å²) in [6.07, 6.45) is 3.21. The molecule has 1 saturated heterocycles. The molecule has 0 unspecified atom stereocenters. The standard InChI is InChI=1S/C23H22ClN3O4/c1-31-18-11-9-17(10-12-18)27-22(29)19(24)20(23(27)30)25-16-7-5-15(6-8-16)21(28)26-13-3-2-4-14-26/h5-12,25H,2-4,13-14H2,1H3. The van der Waals surface area contributed by atoms with Crippen LogP contribution in [0.1, 0.15) is 29.6 Å². The molecule has 7 nitrogen and oxygen atoms in total. The molecule has 2 heterocycles. The van der Waals surface area contributed by atoms with E-state index >= 15 is 0 Å². The fourth-order valence-corrected chi connectivity index (χ4v) is 3.91. The summed E-state index contributed by atoms with van der Waals surface area (Å²) < 4.78 is 5.11. The molecule has 0 bridgehead atoms. The van der Waals surface area contributed by atoms with E-state index in [-0.39, 0.29) is 16.6 Å². The van der Waals surface area contributed by atoms with E-state index in [1.54, 1.807) is 48.5 Å². The Labute approximate surface area is 185 Å². The quantitative estimate of drug-likeness (QED) is 0.717. The number of imide groups is 1. The van der Waals surface area contributed by atoms with E-state index in [4.69, 9.17) is 16.3 Å². The summed E-state index contributed by atoms with van der Waals surface area (Å²) in [6.45, 7) is 1.55. The maximum absolute atomic E-state index is 12.9. The number of methoxy groups -OCH3 is 1. The first-order chi connectivity index (χ1) is 15.0. The van der Waals surface area contributed by atoms with E-state index in [9.17, 15) is 14.4 Å². The van der Waals surface area contributed by atoms with Crippen LogP contribution in [0.3, 0.4) is 0 Å². The Hall–Kier alpha value is -3.32. The zero-order chi connectivity index (χ0) is 22.0. The van der Waals surface area contributed by atoms with Crippen molar-refractivity contribution in [3.63, 3.8) is 0 Å². The third kappa shape index (κ3) is 4.14. The monoisotopic (exact) mass is 439 g/mol. The number of carbonyl (C=O) groups excluding carboxylic acids is 3. The zero-order valence-corrected chi connectivity index (χ0v) is 17.8. The van der Waals surface area contributed by atoms with Crippen molar-refractivity contribution in [2.75, 3.05) is 30.4 Å². The van der Waals surface area contributed by atoms with Gasteiger partial charge in [0, 0.05) is 24.3 Å². The first-order valence-corrected chi connectivity index (χ1v) is 10.5. The van der Waals surface area contributed by atoms with Crippen LogP contribution in [0.4, 0.5) is 11.4 Å². The fraction of sp³-hybridized carbons (Fsp3) is 0.261. The normalized spacial score (nSPS) is 16.7. The molecule has 1 N–H and O–H groups in total. The van der Waals surface area contributed by atoms with E-state index < -0.39 is 11.8 Å². The minimum atomic E-state index is -0.601. The Morgan fingerprint density at radius 3 is 2.19 bits per heavy atom. The summed E-state index contributed by atoms with van der Waals surface area (Å²) in [5, 5.41) is 2.74. The maximum atomic E-state index is 12.9. The summed E-state index contributed by atoms with van der Waals surface area (Å²) in [6, 6.07) is 13.4. The van der Waals surface area contributed by atoms with Gasteiger partial charge in [0.05, 0.1) is 12.8 Å². The lowest BCUT2D eigenvalue weighted by molar-refractivity contribution is -0.120. The van der Waals surface area contributed by atoms with Gasteiger partial charge in [0.2, 0.25) is 0 Å². The molecule has 2 aliphatic rings. The van der Waals surface area contributed by atoms with Crippen molar-refractivity contribution in [2.45, 2.75) is 19.3 Å². The second-order valence-corrected chi connectivity index (χ2v) is 7.77. The van der Waals surface area contributed by atoms with Crippen LogP contribution >= 0.6 is 11.6 Å². The van der Waals surface area contributed by atoms with Crippen LogP contribution in [0.15, 0.2) is 59.3 Å². The molecule has 3 amide bonds. The summed E-state index contributed by atoms with van der Waals surface area (Å²) in [5.74, 6) is -0.536. The number of benzene rings is 2. The van der Waals surface area contributed by atoms with E-state index in [0.29, 0.717) is 22.7 Å². The highest BCUT2D eigenvalue weighted by atomic mass is 35.5. The molecule has 31 heavy (non-hydrogen) atoms. The van der Waals surface area contributed by atoms with Gasteiger partial charge >= 0.3 is 0 Å². The highest BCUT2D eigenvalue weighted by molar-refractivity contribution is 6.53. The second-order valence-electron chi connectivity index (χ2n) is 7.39. The van der Waals surface area contributed by atoms with Crippen LogP contribution in [0.2, 0.25) is 0 Å². The molecule has 2 aromatic rings. The van der Waals surface area contributed by atoms with Gasteiger partial charge < -0.3 is 15.0 Å². The number of hydrogen-bond donors (Lipinski definition) is 1. The first kappa shape index (κ1) is 20.9. The third-order valence-corrected chi connectivity index (χ3v) is 5.75. The van der Waals surface area contributed by atoms with Gasteiger partial charge in [0.15, 0.2) is 0 Å². The number of nitrogens with zero attached hydrogens (tertiary/aromatic N) is 2. The van der Waals surface area contributed by atoms with Gasteiger partial charge in [-0.2, -0.15) is 0 Å². The van der Waals surface area contributed by atoms with Crippen LogP contribution in [0.5, 0.6) is 5.75 Å². The minimum absolute atomic E-state index is 0.00120. The summed E-state index contributed by atoms with van der Waals surface area (Å²) in [4.78, 5) is 40.9. The molecule has 0 radical (unpaired) electrons. The molecule has 4 rings (SSSR count). The number of anilines is 2. The number of nitrogens with one attached hydrogen (secondary N) is 1. The molecular formula is C23H22ClN3O4. The van der Waals surface area contributed by atoms with Gasteiger partial charge in [-0.05, 0) is 67.8 Å². The first-order valence-electron chi connectivity index (χ1n) is 10.1. The highest BCUT2D eigenvalue weighted by Crippen LogP contribution is 2.31. The predicted molar refractivity (Wildman–Crippen MR) is 118 cm³/mol. The lowest BCUT2D eigenvalue weighted by atomic mass is 10.1. The van der Waals surface area contributed by atoms with Crippen molar-refractivity contribution >= 4 is 40.7 Å². The molecule has 8 heteroatoms. The molecule has 2 aliphatic heterocycles. The fourth-order valence-electron chi connectivity index (χ4n) is 3.70. The van der Waals surface area contributed by atoms with Gasteiger partial charge in [-0.1, -0.05) is 11.6 Å². The van der Waals surface area contributed by atoms with E-state index in [1.807, 2.05) is 4.90 Å². The Balaban J connectivity index is 1.48. The predicted octanol–water partition coefficient (Wildman–Crippen LogP) is 3.76. The van der Waals surface area contributed by atoms with Gasteiger partial charge in [0.25, 0.3) is 17.7 Å². The van der Waals surface area contributed by atoms with E-state index in [1.165, 1.54) is 7.11 Å². The molecule has 0 atom stereocenters. The Kier molecular flexibility index (Phi) is 5.95. The number of ether oxygens (including phenoxy) is 1. The Morgan fingerprint density at radius 1 is 0.935 bits per heavy atom. The molecule has 0 spiro atoms. The number of halogens is 1. The van der Waals surface area contributed by atoms with Gasteiger partial charge in [0.1, 0.15) is 16.5 Å². The lowest BCUT2D eigenvalue weighted by Gasteiger charge is -2.26. The molecule has 2 aromatic carbocycles. The molecule has 0 aromatic heterocycles. The van der Waals surface area contributed by atoms with Gasteiger partial charge in [-0.25, -0.2) is 4.90 Å². The van der Waals surface area contributed by atoms with Crippen molar-refractivity contribution in [2.24, 2.45) is 0 Å². The molecule has 160 valence electrons. The van der Waals surface area contributed by atoms with Crippen molar-refractivity contribution in [1.29, 1.82) is 0 Å². The number of likely N-dealkylation sites (tertiary alicyclic amines) is 1. The largest absolute Gasteiger partial charge is 0.497 e. The van der Waals surface area contributed by atoms with Gasteiger partial charge in [-0.15, -0.1) is 0 Å². The van der Waals surface area contributed by atoms with Crippen LogP contribution in [0.25, 0.3) is 0 Å². The molecule has 0 aliphatic carbocycles. The van der Waals surface area contributed by atoms with Crippen LogP contribution in [0, 0.1) is 0 Å². The number of amides is 3. The Morgan fingerprint density at radius 2 is 1.58 bits per heavy atom. The smallest absolute Gasteiger partial charge is 0.283 e. The topological polar surface area (TPSA) is 79.0 Å². The highest BCUT2D eigenvalue weighted by Gasteiger charge is 2.39. The van der Waals surface area contributed by atoms with Crippen molar-refractivity contribution in [3.05, 3.63) is 64.8 Å². The number of piperidine rings is 1. The Bertz CT molecular complexity index is 1040. The summed E-state index contributed by atoms with van der Waals surface area (Å²) in [7, 11) is 1.53. The van der Waals surface area contributed by atoms with Crippen LogP contribution < -0.4 is 15.0 Å². The van der Waals surface area contributed by atoms with E-state index in [0.717, 1.165) is 37.3 Å². The van der Waals surface area contributed by atoms with Crippen molar-refractivity contribution in [3.8, 4) is 5.75 Å². The SMILES string of the molecule is COc1ccc(N2C(=O)C(Cl)=C(Nc3ccc(C(=O)N4CCCCC4)cc3)C2=O)cc1. The van der Waals surface area contributed by atoms with Crippen LogP contribution in [-0.2, 0) is 9.59 Å². The third-order valence-electron chi connectivity index (χ3n) is 5.40.